The molecule has 1 fully saturated rings. The molecule has 0 unspecified atom stereocenters. The van der Waals surface area contributed by atoms with Crippen LogP contribution in [0.15, 0.2) is 47.0 Å². The molecule has 0 saturated heterocycles. The monoisotopic (exact) mass is 363 g/mol. The predicted molar refractivity (Wildman–Crippen MR) is 105 cm³/mol. The summed E-state index contributed by atoms with van der Waals surface area (Å²) in [6.45, 7) is 2.24. The van der Waals surface area contributed by atoms with Gasteiger partial charge in [0.05, 0.1) is 16.6 Å². The average molecular weight is 364 g/mol. The quantitative estimate of drug-likeness (QED) is 0.693. The molecule has 134 valence electrons. The first-order valence-electron chi connectivity index (χ1n) is 9.93. The Hall–Kier alpha value is -1.74. The Morgan fingerprint density at radius 3 is 2.62 bits per heavy atom. The van der Waals surface area contributed by atoms with Crippen molar-refractivity contribution in [3.05, 3.63) is 63.1 Å². The summed E-state index contributed by atoms with van der Waals surface area (Å²) in [4.78, 5) is 19.6. The zero-order valence-electron chi connectivity index (χ0n) is 15.4. The van der Waals surface area contributed by atoms with Crippen LogP contribution < -0.4 is 0 Å². The molecule has 3 aliphatic carbocycles. The zero-order chi connectivity index (χ0) is 17.8. The molecule has 0 N–H and O–H groups in total. The summed E-state index contributed by atoms with van der Waals surface area (Å²) < 4.78 is 0. The fourth-order valence-corrected chi connectivity index (χ4v) is 7.11. The number of fused-ring (bicyclic) bond motifs is 1. The Morgan fingerprint density at radius 2 is 1.88 bits per heavy atom. The second-order valence-electron chi connectivity index (χ2n) is 8.39. The molecule has 1 aromatic carbocycles. The molecule has 2 aromatic rings. The normalized spacial score (nSPS) is 26.9. The molecule has 0 radical (unpaired) electrons. The van der Waals surface area contributed by atoms with Crippen molar-refractivity contribution in [1.82, 2.24) is 4.98 Å². The molecule has 1 saturated carbocycles. The van der Waals surface area contributed by atoms with Crippen molar-refractivity contribution in [3.63, 3.8) is 0 Å². The standard InChI is InChI=1S/C23H25NOS/c1-2-23(17-8-4-3-5-9-17)20-16(12-18-21(23)26-15-24-18)13-22(14-19(20)25)10-6-7-11-22/h3-5,8-9,15H,2,6-7,10-14H2,1H3/t23-/m1/s1. The molecule has 3 heteroatoms. The molecule has 2 nitrogen and oxygen atoms in total. The van der Waals surface area contributed by atoms with Crippen LogP contribution in [0.3, 0.4) is 0 Å². The Kier molecular flexibility index (Phi) is 3.72. The summed E-state index contributed by atoms with van der Waals surface area (Å²) in [7, 11) is 0. The lowest BCUT2D eigenvalue weighted by molar-refractivity contribution is -0.119. The maximum atomic E-state index is 13.6. The van der Waals surface area contributed by atoms with Gasteiger partial charge in [-0.3, -0.25) is 4.79 Å². The molecule has 0 bridgehead atoms. The van der Waals surface area contributed by atoms with Crippen LogP contribution in [0.5, 0.6) is 0 Å². The van der Waals surface area contributed by atoms with Crippen molar-refractivity contribution in [1.29, 1.82) is 0 Å². The van der Waals surface area contributed by atoms with Gasteiger partial charge in [0.2, 0.25) is 0 Å². The number of benzene rings is 1. The van der Waals surface area contributed by atoms with Crippen LogP contribution >= 0.6 is 11.3 Å². The SMILES string of the molecule is CC[C@@]1(c2ccccc2)C2=C(Cc3ncsc31)CC1(CCCC1)CC2=O. The lowest BCUT2D eigenvalue weighted by atomic mass is 9.58. The van der Waals surface area contributed by atoms with Crippen molar-refractivity contribution in [2.75, 3.05) is 0 Å². The van der Waals surface area contributed by atoms with E-state index < -0.39 is 0 Å². The summed E-state index contributed by atoms with van der Waals surface area (Å²) in [5, 5.41) is 0. The van der Waals surface area contributed by atoms with Gasteiger partial charge in [-0.2, -0.15) is 0 Å². The van der Waals surface area contributed by atoms with Crippen molar-refractivity contribution in [2.45, 2.75) is 63.7 Å². The number of hydrogen-bond acceptors (Lipinski definition) is 3. The van der Waals surface area contributed by atoms with Crippen LogP contribution in [-0.2, 0) is 16.6 Å². The fraction of sp³-hybridized carbons (Fsp3) is 0.478. The topological polar surface area (TPSA) is 30.0 Å². The van der Waals surface area contributed by atoms with Gasteiger partial charge in [0, 0.05) is 23.3 Å². The molecule has 1 atom stereocenters. The third kappa shape index (κ3) is 2.16. The zero-order valence-corrected chi connectivity index (χ0v) is 16.2. The van der Waals surface area contributed by atoms with E-state index in [4.69, 9.17) is 4.98 Å². The van der Waals surface area contributed by atoms with Crippen molar-refractivity contribution < 1.29 is 4.79 Å². The van der Waals surface area contributed by atoms with Gasteiger partial charge in [0.15, 0.2) is 5.78 Å². The van der Waals surface area contributed by atoms with Gasteiger partial charge in [0.1, 0.15) is 0 Å². The van der Waals surface area contributed by atoms with E-state index in [-0.39, 0.29) is 10.8 Å². The molecule has 5 rings (SSSR count). The smallest absolute Gasteiger partial charge is 0.160 e. The Bertz CT molecular complexity index is 888. The van der Waals surface area contributed by atoms with Crippen molar-refractivity contribution >= 4 is 17.1 Å². The number of thiazole rings is 1. The number of allylic oxidation sites excluding steroid dienone is 2. The van der Waals surface area contributed by atoms with E-state index in [0.29, 0.717) is 5.78 Å². The van der Waals surface area contributed by atoms with Gasteiger partial charge >= 0.3 is 0 Å². The summed E-state index contributed by atoms with van der Waals surface area (Å²) in [6, 6.07) is 10.7. The van der Waals surface area contributed by atoms with E-state index >= 15 is 0 Å². The Balaban J connectivity index is 1.75. The summed E-state index contributed by atoms with van der Waals surface area (Å²) in [6.07, 6.45) is 8.70. The summed E-state index contributed by atoms with van der Waals surface area (Å²) in [5.74, 6) is 0.415. The van der Waals surface area contributed by atoms with Crippen molar-refractivity contribution in [3.8, 4) is 0 Å². The Labute approximate surface area is 159 Å². The van der Waals surface area contributed by atoms with Crippen LogP contribution in [0.1, 0.15) is 68.0 Å². The lowest BCUT2D eigenvalue weighted by Gasteiger charge is -2.45. The number of nitrogens with zero attached hydrogens (tertiary/aromatic N) is 1. The second kappa shape index (κ2) is 5.88. The van der Waals surface area contributed by atoms with E-state index in [9.17, 15) is 4.79 Å². The molecule has 1 aromatic heterocycles. The average Bonchev–Trinajstić information content (AvgIpc) is 3.30. The van der Waals surface area contributed by atoms with E-state index in [0.717, 1.165) is 31.3 Å². The summed E-state index contributed by atoms with van der Waals surface area (Å²) in [5.41, 5.74) is 6.93. The van der Waals surface area contributed by atoms with Crippen LogP contribution in [0.4, 0.5) is 0 Å². The molecule has 3 aliphatic rings. The molecule has 1 spiro atoms. The maximum Gasteiger partial charge on any atom is 0.160 e. The minimum absolute atomic E-state index is 0.250. The van der Waals surface area contributed by atoms with Crippen LogP contribution in [0.2, 0.25) is 0 Å². The largest absolute Gasteiger partial charge is 0.294 e. The third-order valence-electron chi connectivity index (χ3n) is 7.05. The first-order valence-corrected chi connectivity index (χ1v) is 10.8. The van der Waals surface area contributed by atoms with Gasteiger partial charge in [-0.15, -0.1) is 11.3 Å². The summed E-state index contributed by atoms with van der Waals surface area (Å²) >= 11 is 1.74. The number of aromatic nitrogens is 1. The maximum absolute atomic E-state index is 13.6. The number of rotatable bonds is 2. The second-order valence-corrected chi connectivity index (χ2v) is 9.25. The van der Waals surface area contributed by atoms with Crippen LogP contribution in [0, 0.1) is 5.41 Å². The molecule has 1 heterocycles. The number of hydrogen-bond donors (Lipinski definition) is 0. The highest BCUT2D eigenvalue weighted by atomic mass is 32.1. The molecule has 0 aliphatic heterocycles. The first kappa shape index (κ1) is 16.4. The van der Waals surface area contributed by atoms with Gasteiger partial charge < -0.3 is 0 Å². The first-order chi connectivity index (χ1) is 12.7. The number of carbonyl (C=O) groups is 1. The number of Topliss-reactive ketones (excluding diaryl/α,β-unsaturated/α-hetero) is 1. The number of ketones is 1. The van der Waals surface area contributed by atoms with Gasteiger partial charge in [-0.05, 0) is 36.7 Å². The lowest BCUT2D eigenvalue weighted by Crippen LogP contribution is -2.42. The number of carbonyl (C=O) groups excluding carboxylic acids is 1. The highest BCUT2D eigenvalue weighted by Crippen LogP contribution is 2.58. The van der Waals surface area contributed by atoms with Gasteiger partial charge in [0.25, 0.3) is 0 Å². The highest BCUT2D eigenvalue weighted by molar-refractivity contribution is 7.10. The highest BCUT2D eigenvalue weighted by Gasteiger charge is 2.52. The Morgan fingerprint density at radius 1 is 1.12 bits per heavy atom. The van der Waals surface area contributed by atoms with E-state index in [1.165, 1.54) is 47.4 Å². The minimum atomic E-state index is -0.289. The minimum Gasteiger partial charge on any atom is -0.294 e. The van der Waals surface area contributed by atoms with Crippen LogP contribution in [-0.4, -0.2) is 10.8 Å². The van der Waals surface area contributed by atoms with E-state index in [1.54, 1.807) is 11.3 Å². The van der Waals surface area contributed by atoms with Gasteiger partial charge in [-0.25, -0.2) is 4.98 Å². The van der Waals surface area contributed by atoms with E-state index in [1.807, 2.05) is 5.51 Å². The van der Waals surface area contributed by atoms with E-state index in [2.05, 4.69) is 37.3 Å². The van der Waals surface area contributed by atoms with Crippen molar-refractivity contribution in [2.24, 2.45) is 5.41 Å². The molecular formula is C23H25NOS. The molecular weight excluding hydrogens is 338 g/mol. The predicted octanol–water partition coefficient (Wildman–Crippen LogP) is 5.62. The molecule has 26 heavy (non-hydrogen) atoms. The van der Waals surface area contributed by atoms with Crippen LogP contribution in [0.25, 0.3) is 0 Å². The third-order valence-corrected chi connectivity index (χ3v) is 8.08. The van der Waals surface area contributed by atoms with Gasteiger partial charge in [-0.1, -0.05) is 55.7 Å². The molecule has 0 amide bonds. The fourth-order valence-electron chi connectivity index (χ4n) is 6.00.